The van der Waals surface area contributed by atoms with E-state index in [1.807, 2.05) is 30.5 Å². The first-order valence-corrected chi connectivity index (χ1v) is 14.2. The van der Waals surface area contributed by atoms with Crippen LogP contribution in [0.25, 0.3) is 11.1 Å². The van der Waals surface area contributed by atoms with Crippen molar-refractivity contribution in [1.82, 2.24) is 10.2 Å². The zero-order valence-electron chi connectivity index (χ0n) is 22.1. The summed E-state index contributed by atoms with van der Waals surface area (Å²) in [7, 11) is 3.51. The van der Waals surface area contributed by atoms with Crippen molar-refractivity contribution in [3.05, 3.63) is 70.8 Å². The van der Waals surface area contributed by atoms with Crippen LogP contribution in [0.3, 0.4) is 0 Å². The number of nitrogens with one attached hydrogen (secondary N) is 1. The number of aryl methyl sites for hydroxylation is 1. The second-order valence-electron chi connectivity index (χ2n) is 9.62. The quantitative estimate of drug-likeness (QED) is 0.281. The normalized spacial score (nSPS) is 14.3. The molecule has 0 radical (unpaired) electrons. The molecule has 194 valence electrons. The number of allylic oxidation sites excluding steroid dienone is 1. The van der Waals surface area contributed by atoms with E-state index in [-0.39, 0.29) is 5.91 Å². The lowest BCUT2D eigenvalue weighted by molar-refractivity contribution is -0.142. The lowest BCUT2D eigenvalue weighted by atomic mass is 9.93. The van der Waals surface area contributed by atoms with Gasteiger partial charge in [0, 0.05) is 18.7 Å². The second kappa shape index (κ2) is 14.2. The number of methoxy groups -OCH3 is 1. The van der Waals surface area contributed by atoms with Crippen molar-refractivity contribution in [1.29, 1.82) is 0 Å². The molecule has 1 amide bonds. The van der Waals surface area contributed by atoms with Crippen molar-refractivity contribution in [3.8, 4) is 11.1 Å². The average Bonchev–Trinajstić information content (AvgIpc) is 2.90. The zero-order valence-corrected chi connectivity index (χ0v) is 23.0. The number of esters is 1. The lowest BCUT2D eigenvalue weighted by Crippen LogP contribution is -2.42. The van der Waals surface area contributed by atoms with E-state index in [2.05, 4.69) is 48.5 Å². The fraction of sp³-hybridized carbons (Fsp3) is 0.467. The highest BCUT2D eigenvalue weighted by molar-refractivity contribution is 7.98. The molecule has 36 heavy (non-hydrogen) atoms. The number of nitrogens with zero attached hydrogens (tertiary/aromatic N) is 1. The Kier molecular flexibility index (Phi) is 11.1. The Morgan fingerprint density at radius 1 is 1.14 bits per heavy atom. The SMILES string of the molecule is COC(=O)[C@H](CCSC)NC(=O)c1ccc(CN(C)CCC2=CCCCC2)cc1-c1ccccc1C. The van der Waals surface area contributed by atoms with Crippen molar-refractivity contribution in [2.75, 3.05) is 32.7 Å². The summed E-state index contributed by atoms with van der Waals surface area (Å²) in [5.74, 6) is 0.0856. The molecule has 1 aliphatic carbocycles. The van der Waals surface area contributed by atoms with E-state index in [0.29, 0.717) is 12.0 Å². The molecule has 0 saturated carbocycles. The summed E-state index contributed by atoms with van der Waals surface area (Å²) < 4.78 is 4.94. The van der Waals surface area contributed by atoms with Gasteiger partial charge in [-0.15, -0.1) is 0 Å². The van der Waals surface area contributed by atoms with E-state index in [0.717, 1.165) is 47.5 Å². The number of thioether (sulfide) groups is 1. The largest absolute Gasteiger partial charge is 0.467 e. The predicted molar refractivity (Wildman–Crippen MR) is 150 cm³/mol. The van der Waals surface area contributed by atoms with Gasteiger partial charge in [-0.25, -0.2) is 4.79 Å². The standard InChI is InChI=1S/C30H40N2O3S/c1-22-10-8-9-13-25(22)27-20-24(21-32(2)18-16-23-11-6-5-7-12-23)14-15-26(27)29(33)31-28(17-19-36-4)30(34)35-3/h8-11,13-15,20,28H,5-7,12,16-19,21H2,1-4H3,(H,31,33)/t28-/m0/s1. The minimum absolute atomic E-state index is 0.256. The van der Waals surface area contributed by atoms with E-state index in [1.165, 1.54) is 32.8 Å². The van der Waals surface area contributed by atoms with Crippen molar-refractivity contribution in [2.24, 2.45) is 0 Å². The molecule has 2 aromatic rings. The number of ether oxygens (including phenoxy) is 1. The van der Waals surface area contributed by atoms with Gasteiger partial charge in [-0.2, -0.15) is 11.8 Å². The van der Waals surface area contributed by atoms with Gasteiger partial charge >= 0.3 is 5.97 Å². The molecule has 6 heteroatoms. The van der Waals surface area contributed by atoms with E-state index < -0.39 is 12.0 Å². The molecule has 1 N–H and O–H groups in total. The number of carbonyl (C=O) groups excluding carboxylic acids is 2. The molecule has 0 fully saturated rings. The molecule has 5 nitrogen and oxygen atoms in total. The lowest BCUT2D eigenvalue weighted by Gasteiger charge is -2.21. The van der Waals surface area contributed by atoms with Crippen molar-refractivity contribution >= 4 is 23.6 Å². The van der Waals surface area contributed by atoms with Crippen LogP contribution in [0.4, 0.5) is 0 Å². The molecule has 0 unspecified atom stereocenters. The molecule has 0 heterocycles. The molecule has 0 saturated heterocycles. The molecule has 0 aromatic heterocycles. The third kappa shape index (κ3) is 7.97. The van der Waals surface area contributed by atoms with Gasteiger partial charge in [-0.3, -0.25) is 4.79 Å². The van der Waals surface area contributed by atoms with Crippen LogP contribution < -0.4 is 5.32 Å². The zero-order chi connectivity index (χ0) is 25.9. The Hall–Kier alpha value is -2.57. The minimum Gasteiger partial charge on any atom is -0.467 e. The van der Waals surface area contributed by atoms with Crippen molar-refractivity contribution in [2.45, 2.75) is 58.0 Å². The van der Waals surface area contributed by atoms with Gasteiger partial charge in [0.2, 0.25) is 0 Å². The maximum absolute atomic E-state index is 13.4. The first kappa shape index (κ1) is 28.0. The van der Waals surface area contributed by atoms with Crippen LogP contribution in [-0.2, 0) is 16.1 Å². The van der Waals surface area contributed by atoms with Gasteiger partial charge in [0.25, 0.3) is 5.91 Å². The summed E-state index contributed by atoms with van der Waals surface area (Å²) in [5, 5.41) is 2.92. The molecule has 1 aliphatic rings. The Bertz CT molecular complexity index is 1070. The van der Waals surface area contributed by atoms with Crippen molar-refractivity contribution in [3.63, 3.8) is 0 Å². The topological polar surface area (TPSA) is 58.6 Å². The van der Waals surface area contributed by atoms with Crippen LogP contribution in [0.2, 0.25) is 0 Å². The molecule has 0 aliphatic heterocycles. The van der Waals surface area contributed by atoms with Crippen molar-refractivity contribution < 1.29 is 14.3 Å². The monoisotopic (exact) mass is 508 g/mol. The summed E-state index contributed by atoms with van der Waals surface area (Å²) in [6.45, 7) is 3.89. The number of rotatable bonds is 12. The third-order valence-electron chi connectivity index (χ3n) is 6.82. The Morgan fingerprint density at radius 3 is 2.64 bits per heavy atom. The van der Waals surface area contributed by atoms with E-state index in [9.17, 15) is 9.59 Å². The Labute approximate surface area is 220 Å². The van der Waals surface area contributed by atoms with Gasteiger partial charge in [0.1, 0.15) is 6.04 Å². The maximum Gasteiger partial charge on any atom is 0.328 e. The Morgan fingerprint density at radius 2 is 1.94 bits per heavy atom. The highest BCUT2D eigenvalue weighted by atomic mass is 32.2. The highest BCUT2D eigenvalue weighted by Crippen LogP contribution is 2.29. The molecular weight excluding hydrogens is 468 g/mol. The summed E-state index contributed by atoms with van der Waals surface area (Å²) >= 11 is 1.64. The summed E-state index contributed by atoms with van der Waals surface area (Å²) in [4.78, 5) is 28.1. The number of hydrogen-bond donors (Lipinski definition) is 1. The molecular formula is C30H40N2O3S. The number of carbonyl (C=O) groups is 2. The van der Waals surface area contributed by atoms with E-state index >= 15 is 0 Å². The smallest absolute Gasteiger partial charge is 0.328 e. The Balaban J connectivity index is 1.82. The molecule has 3 rings (SSSR count). The fourth-order valence-electron chi connectivity index (χ4n) is 4.71. The fourth-order valence-corrected chi connectivity index (χ4v) is 5.18. The molecule has 0 bridgehead atoms. The first-order valence-electron chi connectivity index (χ1n) is 12.9. The van der Waals surface area contributed by atoms with Crippen LogP contribution >= 0.6 is 11.8 Å². The van der Waals surface area contributed by atoms with Crippen LogP contribution in [0.5, 0.6) is 0 Å². The van der Waals surface area contributed by atoms with Crippen LogP contribution in [0.1, 0.15) is 60.0 Å². The van der Waals surface area contributed by atoms with E-state index in [4.69, 9.17) is 4.74 Å². The number of benzene rings is 2. The predicted octanol–water partition coefficient (Wildman–Crippen LogP) is 6.01. The highest BCUT2D eigenvalue weighted by Gasteiger charge is 2.24. The van der Waals surface area contributed by atoms with Gasteiger partial charge < -0.3 is 15.0 Å². The van der Waals surface area contributed by atoms with Gasteiger partial charge in [-0.1, -0.05) is 42.0 Å². The van der Waals surface area contributed by atoms with Gasteiger partial charge in [0.15, 0.2) is 0 Å². The third-order valence-corrected chi connectivity index (χ3v) is 7.46. The minimum atomic E-state index is -0.667. The van der Waals surface area contributed by atoms with Gasteiger partial charge in [-0.05, 0) is 98.9 Å². The second-order valence-corrected chi connectivity index (χ2v) is 10.6. The summed E-state index contributed by atoms with van der Waals surface area (Å²) in [6, 6.07) is 13.5. The number of amides is 1. The molecule has 0 spiro atoms. The van der Waals surface area contributed by atoms with Crippen LogP contribution in [0, 0.1) is 6.92 Å². The first-order chi connectivity index (χ1) is 17.4. The maximum atomic E-state index is 13.4. The number of hydrogen-bond acceptors (Lipinski definition) is 5. The van der Waals surface area contributed by atoms with Gasteiger partial charge in [0.05, 0.1) is 7.11 Å². The molecule has 1 atom stereocenters. The van der Waals surface area contributed by atoms with Crippen LogP contribution in [-0.4, -0.2) is 55.5 Å². The summed E-state index contributed by atoms with van der Waals surface area (Å²) in [6.07, 6.45) is 11.1. The molecule has 2 aromatic carbocycles. The van der Waals surface area contributed by atoms with E-state index in [1.54, 1.807) is 17.3 Å². The summed E-state index contributed by atoms with van der Waals surface area (Å²) in [5.41, 5.74) is 6.34. The average molecular weight is 509 g/mol. The van der Waals surface area contributed by atoms with Crippen LogP contribution in [0.15, 0.2) is 54.1 Å².